The maximum absolute atomic E-state index is 13.3. The number of likely N-dealkylation sites (tertiary alicyclic amines) is 1. The Labute approximate surface area is 187 Å². The van der Waals surface area contributed by atoms with Gasteiger partial charge in [0.25, 0.3) is 24.5 Å². The van der Waals surface area contributed by atoms with Crippen molar-refractivity contribution in [3.05, 3.63) is 47.2 Å². The number of piperidine rings is 1. The van der Waals surface area contributed by atoms with Crippen molar-refractivity contribution < 1.29 is 27.1 Å². The molecule has 3 aromatic rings. The molecule has 1 saturated heterocycles. The first kappa shape index (κ1) is 24.3. The van der Waals surface area contributed by atoms with Crippen molar-refractivity contribution in [2.75, 3.05) is 20.2 Å². The van der Waals surface area contributed by atoms with Crippen LogP contribution >= 0.6 is 0 Å². The Bertz CT molecular complexity index is 1110. The summed E-state index contributed by atoms with van der Waals surface area (Å²) < 4.78 is 59.2. The SMILES string of the molecule is CC.COc1cc(C(=O)N2CCCC(c3cc(C(F)F)nc4ncnn34)C2)cc(C(F)F)n1. The molecule has 1 unspecified atom stereocenters. The number of amides is 1. The van der Waals surface area contributed by atoms with Crippen LogP contribution in [0, 0.1) is 0 Å². The molecule has 0 aliphatic carbocycles. The number of alkyl halides is 4. The number of hydrogen-bond donors (Lipinski definition) is 0. The molecule has 33 heavy (non-hydrogen) atoms. The number of methoxy groups -OCH3 is 1. The average Bonchev–Trinajstić information content (AvgIpc) is 3.32. The second kappa shape index (κ2) is 10.5. The summed E-state index contributed by atoms with van der Waals surface area (Å²) in [5.41, 5.74) is -0.483. The molecule has 1 atom stereocenters. The molecule has 1 fully saturated rings. The van der Waals surface area contributed by atoms with Crippen molar-refractivity contribution in [3.63, 3.8) is 0 Å². The Morgan fingerprint density at radius 1 is 1.09 bits per heavy atom. The highest BCUT2D eigenvalue weighted by Crippen LogP contribution is 2.31. The fourth-order valence-electron chi connectivity index (χ4n) is 3.71. The number of pyridine rings is 1. The zero-order valence-electron chi connectivity index (χ0n) is 18.4. The number of hydrogen-bond acceptors (Lipinski definition) is 6. The zero-order chi connectivity index (χ0) is 24.1. The maximum Gasteiger partial charge on any atom is 0.280 e. The Hall–Kier alpha value is -3.31. The smallest absolute Gasteiger partial charge is 0.280 e. The first-order valence-corrected chi connectivity index (χ1v) is 10.5. The van der Waals surface area contributed by atoms with Gasteiger partial charge in [-0.3, -0.25) is 4.79 Å². The normalized spacial score (nSPS) is 16.2. The third-order valence-electron chi connectivity index (χ3n) is 5.15. The van der Waals surface area contributed by atoms with E-state index >= 15 is 0 Å². The van der Waals surface area contributed by atoms with Crippen molar-refractivity contribution in [3.8, 4) is 5.88 Å². The molecule has 1 amide bonds. The second-order valence-electron chi connectivity index (χ2n) is 7.09. The van der Waals surface area contributed by atoms with E-state index in [1.807, 2.05) is 13.8 Å². The minimum atomic E-state index is -2.86. The van der Waals surface area contributed by atoms with E-state index in [9.17, 15) is 22.4 Å². The molecule has 0 bridgehead atoms. The summed E-state index contributed by atoms with van der Waals surface area (Å²) in [6.07, 6.45) is -3.18. The van der Waals surface area contributed by atoms with Gasteiger partial charge in [0.1, 0.15) is 17.7 Å². The lowest BCUT2D eigenvalue weighted by Crippen LogP contribution is -2.39. The van der Waals surface area contributed by atoms with Gasteiger partial charge in [0.15, 0.2) is 0 Å². The maximum atomic E-state index is 13.3. The van der Waals surface area contributed by atoms with Crippen molar-refractivity contribution in [1.82, 2.24) is 29.5 Å². The molecule has 4 heterocycles. The van der Waals surface area contributed by atoms with E-state index in [1.54, 1.807) is 0 Å². The molecule has 0 spiro atoms. The number of aromatic nitrogens is 5. The van der Waals surface area contributed by atoms with Crippen molar-refractivity contribution in [1.29, 1.82) is 0 Å². The summed E-state index contributed by atoms with van der Waals surface area (Å²) in [5.74, 6) is -0.808. The van der Waals surface area contributed by atoms with Gasteiger partial charge in [0.05, 0.1) is 12.8 Å². The van der Waals surface area contributed by atoms with Gasteiger partial charge in [-0.15, -0.1) is 0 Å². The number of carbonyl (C=O) groups is 1. The molecule has 3 aromatic heterocycles. The Morgan fingerprint density at radius 2 is 1.79 bits per heavy atom. The summed E-state index contributed by atoms with van der Waals surface area (Å²) in [5, 5.41) is 4.06. The lowest BCUT2D eigenvalue weighted by molar-refractivity contribution is 0.0703. The standard InChI is InChI=1S/C19H18F4N6O2.C2H6/c1-31-15-6-11(5-12(26-15)16(20)21)18(30)28-4-2-3-10(8-28)14-7-13(17(22)23)27-19-24-9-25-29(14)19;1-2/h5-7,9-10,16-17H,2-4,8H2,1H3;1-2H3. The number of carbonyl (C=O) groups excluding carboxylic acids is 1. The van der Waals surface area contributed by atoms with Crippen LogP contribution in [0.3, 0.4) is 0 Å². The van der Waals surface area contributed by atoms with Crippen LogP contribution in [0.4, 0.5) is 17.6 Å². The minimum Gasteiger partial charge on any atom is -0.481 e. The number of fused-ring (bicyclic) bond motifs is 1. The molecule has 0 radical (unpaired) electrons. The van der Waals surface area contributed by atoms with Gasteiger partial charge >= 0.3 is 0 Å². The topological polar surface area (TPSA) is 85.5 Å². The number of rotatable bonds is 5. The third kappa shape index (κ3) is 5.20. The van der Waals surface area contributed by atoms with Gasteiger partial charge in [-0.1, -0.05) is 13.8 Å². The lowest BCUT2D eigenvalue weighted by atomic mass is 9.93. The summed E-state index contributed by atoms with van der Waals surface area (Å²) >= 11 is 0. The summed E-state index contributed by atoms with van der Waals surface area (Å²) in [6.45, 7) is 4.60. The molecule has 178 valence electrons. The van der Waals surface area contributed by atoms with E-state index in [4.69, 9.17) is 4.74 Å². The van der Waals surface area contributed by atoms with Crippen LogP contribution in [0.1, 0.15) is 72.9 Å². The first-order chi connectivity index (χ1) is 15.9. The van der Waals surface area contributed by atoms with E-state index in [2.05, 4.69) is 20.1 Å². The molecule has 0 aromatic carbocycles. The van der Waals surface area contributed by atoms with Gasteiger partial charge in [0.2, 0.25) is 5.88 Å². The average molecular weight is 468 g/mol. The highest BCUT2D eigenvalue weighted by molar-refractivity contribution is 5.94. The molecule has 0 saturated carbocycles. The molecular formula is C21H24F4N6O2. The van der Waals surface area contributed by atoms with Crippen LogP contribution in [-0.4, -0.2) is 55.6 Å². The fourth-order valence-corrected chi connectivity index (χ4v) is 3.71. The lowest BCUT2D eigenvalue weighted by Gasteiger charge is -2.33. The predicted molar refractivity (Wildman–Crippen MR) is 111 cm³/mol. The monoisotopic (exact) mass is 468 g/mol. The molecule has 8 nitrogen and oxygen atoms in total. The first-order valence-electron chi connectivity index (χ1n) is 10.5. The quantitative estimate of drug-likeness (QED) is 0.515. The summed E-state index contributed by atoms with van der Waals surface area (Å²) in [6, 6.07) is 3.61. The number of nitrogens with zero attached hydrogens (tertiary/aromatic N) is 6. The number of halogens is 4. The minimum absolute atomic E-state index is 0.0247. The molecule has 1 aliphatic heterocycles. The van der Waals surface area contributed by atoms with Crippen LogP contribution in [0.25, 0.3) is 5.78 Å². The van der Waals surface area contributed by atoms with Gasteiger partial charge in [0, 0.05) is 30.6 Å². The highest BCUT2D eigenvalue weighted by atomic mass is 19.3. The molecule has 1 aliphatic rings. The molecule has 12 heteroatoms. The van der Waals surface area contributed by atoms with Crippen LogP contribution in [-0.2, 0) is 0 Å². The highest BCUT2D eigenvalue weighted by Gasteiger charge is 2.29. The van der Waals surface area contributed by atoms with Crippen LogP contribution in [0.15, 0.2) is 24.5 Å². The van der Waals surface area contributed by atoms with Crippen LogP contribution in [0.5, 0.6) is 5.88 Å². The Balaban J connectivity index is 0.00000149. The molecule has 0 N–H and O–H groups in total. The van der Waals surface area contributed by atoms with Gasteiger partial charge in [-0.25, -0.2) is 32.0 Å². The second-order valence-corrected chi connectivity index (χ2v) is 7.09. The summed E-state index contributed by atoms with van der Waals surface area (Å²) in [4.78, 5) is 25.9. The van der Waals surface area contributed by atoms with E-state index in [0.717, 1.165) is 6.07 Å². The zero-order valence-corrected chi connectivity index (χ0v) is 18.4. The van der Waals surface area contributed by atoms with Crippen LogP contribution in [0.2, 0.25) is 0 Å². The van der Waals surface area contributed by atoms with Gasteiger partial charge in [-0.05, 0) is 25.0 Å². The van der Waals surface area contributed by atoms with E-state index in [0.29, 0.717) is 25.1 Å². The van der Waals surface area contributed by atoms with E-state index in [1.165, 1.54) is 35.0 Å². The van der Waals surface area contributed by atoms with Crippen LogP contribution < -0.4 is 4.74 Å². The third-order valence-corrected chi connectivity index (χ3v) is 5.15. The van der Waals surface area contributed by atoms with Gasteiger partial charge in [-0.2, -0.15) is 10.1 Å². The summed E-state index contributed by atoms with van der Waals surface area (Å²) in [7, 11) is 1.27. The van der Waals surface area contributed by atoms with E-state index in [-0.39, 0.29) is 29.7 Å². The Kier molecular flexibility index (Phi) is 7.77. The predicted octanol–water partition coefficient (Wildman–Crippen LogP) is 4.45. The van der Waals surface area contributed by atoms with Crippen molar-refractivity contribution in [2.45, 2.75) is 45.5 Å². The Morgan fingerprint density at radius 3 is 2.45 bits per heavy atom. The van der Waals surface area contributed by atoms with E-state index < -0.39 is 30.1 Å². The van der Waals surface area contributed by atoms with Crippen molar-refractivity contribution >= 4 is 11.7 Å². The van der Waals surface area contributed by atoms with Crippen molar-refractivity contribution in [2.24, 2.45) is 0 Å². The molecular weight excluding hydrogens is 444 g/mol. The fraction of sp³-hybridized carbons (Fsp3) is 0.476. The molecule has 4 rings (SSSR count). The largest absolute Gasteiger partial charge is 0.481 e. The van der Waals surface area contributed by atoms with Gasteiger partial charge < -0.3 is 9.64 Å². The number of ether oxygens (including phenoxy) is 1.